The van der Waals surface area contributed by atoms with Crippen LogP contribution in [0.25, 0.3) is 5.57 Å². The highest BCUT2D eigenvalue weighted by Crippen LogP contribution is 2.39. The Kier molecular flexibility index (Phi) is 6.99. The summed E-state index contributed by atoms with van der Waals surface area (Å²) in [6.07, 6.45) is 4.16. The molecule has 1 aliphatic carbocycles. The lowest BCUT2D eigenvalue weighted by Gasteiger charge is -2.06. The van der Waals surface area contributed by atoms with Crippen molar-refractivity contribution < 1.29 is 4.79 Å². The summed E-state index contributed by atoms with van der Waals surface area (Å²) >= 11 is 2.98. The van der Waals surface area contributed by atoms with Crippen molar-refractivity contribution in [1.29, 1.82) is 0 Å². The Labute approximate surface area is 163 Å². The van der Waals surface area contributed by atoms with Crippen LogP contribution in [0, 0.1) is 0 Å². The Bertz CT molecular complexity index is 791. The van der Waals surface area contributed by atoms with Gasteiger partial charge in [-0.2, -0.15) is 0 Å². The number of thioether (sulfide) groups is 1. The first-order chi connectivity index (χ1) is 12.3. The molecule has 0 spiro atoms. The first kappa shape index (κ1) is 20.2. The van der Waals surface area contributed by atoms with Crippen molar-refractivity contribution in [3.63, 3.8) is 0 Å². The van der Waals surface area contributed by atoms with E-state index in [0.29, 0.717) is 32.9 Å². The molecule has 0 bridgehead atoms. The number of rotatable bonds is 4. The fourth-order valence-electron chi connectivity index (χ4n) is 2.25. The van der Waals surface area contributed by atoms with E-state index in [1.807, 2.05) is 25.1 Å². The molecule has 2 aromatic rings. The van der Waals surface area contributed by atoms with Crippen molar-refractivity contribution >= 4 is 45.3 Å². The molecule has 1 aromatic carbocycles. The van der Waals surface area contributed by atoms with Crippen LogP contribution in [0.5, 0.6) is 0 Å². The van der Waals surface area contributed by atoms with E-state index in [1.165, 1.54) is 16.2 Å². The normalized spacial score (nSPS) is 14.1. The molecule has 3 rings (SSSR count). The van der Waals surface area contributed by atoms with Crippen molar-refractivity contribution in [2.75, 3.05) is 17.7 Å². The average Bonchev–Trinajstić information content (AvgIpc) is 3.39. The summed E-state index contributed by atoms with van der Waals surface area (Å²) < 4.78 is 0. The molecule has 0 aliphatic heterocycles. The highest BCUT2D eigenvalue weighted by atomic mass is 32.2. The zero-order valence-electron chi connectivity index (χ0n) is 15.3. The molecule has 26 heavy (non-hydrogen) atoms. The molecule has 0 radical (unpaired) electrons. The van der Waals surface area contributed by atoms with Gasteiger partial charge in [-0.25, -0.2) is 0 Å². The van der Waals surface area contributed by atoms with Crippen LogP contribution in [0.15, 0.2) is 40.9 Å². The lowest BCUT2D eigenvalue weighted by atomic mass is 10.1. The van der Waals surface area contributed by atoms with Crippen molar-refractivity contribution in [3.05, 3.63) is 46.5 Å². The summed E-state index contributed by atoms with van der Waals surface area (Å²) in [6.45, 7) is 3.64. The lowest BCUT2D eigenvalue weighted by molar-refractivity contribution is 0.0956. The molecule has 1 aromatic heterocycles. The van der Waals surface area contributed by atoms with Gasteiger partial charge in [-0.3, -0.25) is 4.79 Å². The van der Waals surface area contributed by atoms with Gasteiger partial charge in [0, 0.05) is 22.2 Å². The minimum Gasteiger partial charge on any atom is -0.402 e. The first-order valence-electron chi connectivity index (χ1n) is 8.36. The van der Waals surface area contributed by atoms with Crippen LogP contribution in [0.1, 0.15) is 41.9 Å². The molecule has 7 heteroatoms. The predicted octanol–water partition coefficient (Wildman–Crippen LogP) is 3.92. The number of carbonyl (C=O) groups excluding carboxylic acids is 1. The van der Waals surface area contributed by atoms with Gasteiger partial charge in [0.25, 0.3) is 5.91 Å². The van der Waals surface area contributed by atoms with Crippen LogP contribution >= 0.6 is 23.1 Å². The summed E-state index contributed by atoms with van der Waals surface area (Å²) in [5.41, 5.74) is 20.3. The fraction of sp³-hybridized carbons (Fsp3) is 0.316. The van der Waals surface area contributed by atoms with Crippen molar-refractivity contribution in [1.82, 2.24) is 5.32 Å². The van der Waals surface area contributed by atoms with Gasteiger partial charge in [0.15, 0.2) is 0 Å². The van der Waals surface area contributed by atoms with Crippen LogP contribution in [0.2, 0.25) is 0 Å². The second kappa shape index (κ2) is 9.00. The van der Waals surface area contributed by atoms with Crippen molar-refractivity contribution in [2.24, 2.45) is 5.73 Å². The number of anilines is 2. The second-order valence-electron chi connectivity index (χ2n) is 6.16. The zero-order valence-corrected chi connectivity index (χ0v) is 17.0. The number of nitrogens with two attached hydrogens (primary N) is 3. The molecule has 0 atom stereocenters. The third-order valence-corrected chi connectivity index (χ3v) is 5.81. The maximum Gasteiger partial charge on any atom is 0.263 e. The zero-order chi connectivity index (χ0) is 19.3. The minimum absolute atomic E-state index is 0.138. The molecule has 5 nitrogen and oxygen atoms in total. The molecule has 1 heterocycles. The van der Waals surface area contributed by atoms with Crippen LogP contribution in [-0.4, -0.2) is 18.2 Å². The van der Waals surface area contributed by atoms with E-state index in [2.05, 4.69) is 23.7 Å². The quantitative estimate of drug-likeness (QED) is 0.592. The van der Waals surface area contributed by atoms with Gasteiger partial charge in [-0.15, -0.1) is 23.1 Å². The predicted molar refractivity (Wildman–Crippen MR) is 114 cm³/mol. The van der Waals surface area contributed by atoms with E-state index in [4.69, 9.17) is 17.2 Å². The van der Waals surface area contributed by atoms with E-state index in [0.717, 1.165) is 18.4 Å². The highest BCUT2D eigenvalue weighted by molar-refractivity contribution is 7.98. The summed E-state index contributed by atoms with van der Waals surface area (Å²) in [5, 5.41) is 3.45. The number of nitrogens with one attached hydrogen (secondary N) is 1. The SMILES string of the molecule is C/C(N)=C(\C)c1c(N)sc(C(=O)NC2CC2)c1N.CSc1ccccc1. The average molecular weight is 391 g/mol. The van der Waals surface area contributed by atoms with Crippen molar-refractivity contribution in [3.8, 4) is 0 Å². The summed E-state index contributed by atoms with van der Waals surface area (Å²) in [5.74, 6) is -0.138. The minimum atomic E-state index is -0.138. The molecular weight excluding hydrogens is 364 g/mol. The number of nitrogen functional groups attached to an aromatic ring is 2. The van der Waals surface area contributed by atoms with E-state index >= 15 is 0 Å². The smallest absolute Gasteiger partial charge is 0.263 e. The van der Waals surface area contributed by atoms with Gasteiger partial charge in [0.1, 0.15) is 4.88 Å². The van der Waals surface area contributed by atoms with Crippen LogP contribution in [0.4, 0.5) is 10.7 Å². The fourth-order valence-corrected chi connectivity index (χ4v) is 3.63. The molecule has 1 fully saturated rings. The Balaban J connectivity index is 0.000000254. The standard InChI is InChI=1S/C12H18N4OS.C7H8S/c1-5(6(2)13)8-9(14)10(18-11(8)15)12(17)16-7-3-4-7;1-8-7-5-3-2-4-6-7/h7H,3-4,13-15H2,1-2H3,(H,16,17);2-6H,1H3/b6-5-;. The monoisotopic (exact) mass is 390 g/mol. The lowest BCUT2D eigenvalue weighted by Crippen LogP contribution is -2.25. The third kappa shape index (κ3) is 5.19. The molecule has 1 aliphatic rings. The van der Waals surface area contributed by atoms with Gasteiger partial charge < -0.3 is 22.5 Å². The number of benzene rings is 1. The largest absolute Gasteiger partial charge is 0.402 e. The number of allylic oxidation sites excluding steroid dienone is 2. The maximum absolute atomic E-state index is 12.0. The van der Waals surface area contributed by atoms with Gasteiger partial charge in [-0.05, 0) is 50.7 Å². The van der Waals surface area contributed by atoms with Crippen LogP contribution in [0.3, 0.4) is 0 Å². The van der Waals surface area contributed by atoms with Gasteiger partial charge in [0.05, 0.1) is 10.7 Å². The summed E-state index contributed by atoms with van der Waals surface area (Å²) in [4.78, 5) is 13.8. The number of hydrogen-bond donors (Lipinski definition) is 4. The van der Waals surface area contributed by atoms with Crippen LogP contribution < -0.4 is 22.5 Å². The van der Waals surface area contributed by atoms with E-state index in [9.17, 15) is 4.79 Å². The number of amides is 1. The molecule has 1 amide bonds. The Hall–Kier alpha value is -2.12. The molecule has 140 valence electrons. The molecular formula is C19H26N4OS2. The first-order valence-corrected chi connectivity index (χ1v) is 10.4. The maximum atomic E-state index is 12.0. The van der Waals surface area contributed by atoms with Crippen LogP contribution in [-0.2, 0) is 0 Å². The summed E-state index contributed by atoms with van der Waals surface area (Å²) in [6, 6.07) is 10.6. The number of thiophene rings is 1. The molecule has 0 saturated heterocycles. The van der Waals surface area contributed by atoms with Gasteiger partial charge in [0.2, 0.25) is 0 Å². The number of carbonyl (C=O) groups is 1. The Morgan fingerprint density at radius 1 is 1.19 bits per heavy atom. The van der Waals surface area contributed by atoms with Gasteiger partial charge >= 0.3 is 0 Å². The van der Waals surface area contributed by atoms with E-state index in [1.54, 1.807) is 18.7 Å². The Morgan fingerprint density at radius 3 is 2.27 bits per heavy atom. The second-order valence-corrected chi connectivity index (χ2v) is 8.09. The van der Waals surface area contributed by atoms with E-state index < -0.39 is 0 Å². The number of hydrogen-bond acceptors (Lipinski definition) is 6. The highest BCUT2D eigenvalue weighted by Gasteiger charge is 2.27. The molecule has 1 saturated carbocycles. The molecule has 7 N–H and O–H groups in total. The van der Waals surface area contributed by atoms with E-state index in [-0.39, 0.29) is 5.91 Å². The Morgan fingerprint density at radius 2 is 1.81 bits per heavy atom. The summed E-state index contributed by atoms with van der Waals surface area (Å²) in [7, 11) is 0. The molecule has 0 unspecified atom stereocenters. The van der Waals surface area contributed by atoms with Crippen molar-refractivity contribution in [2.45, 2.75) is 37.6 Å². The van der Waals surface area contributed by atoms with Gasteiger partial charge in [-0.1, -0.05) is 18.2 Å². The topological polar surface area (TPSA) is 107 Å². The third-order valence-electron chi connectivity index (χ3n) is 4.04.